The summed E-state index contributed by atoms with van der Waals surface area (Å²) < 4.78 is 0. The fourth-order valence-electron chi connectivity index (χ4n) is 25.7. The van der Waals surface area contributed by atoms with E-state index in [0.717, 1.165) is 136 Å². The third kappa shape index (κ3) is 10.7. The SMILES string of the molecule is C(=C(C1CCCCC1)C1CCCCC1)C1CCC(C2C3CCCCC3C(C3C4CCCCC4C(C4CC(C5CCCCC5)CC(C5CCC(C6CCCCC6)CC5)C4)C4CCCCC43)C3CCCCC32)CC1. The van der Waals surface area contributed by atoms with Gasteiger partial charge in [-0.15, -0.1) is 0 Å². The van der Waals surface area contributed by atoms with Crippen molar-refractivity contribution in [3.63, 3.8) is 0 Å². The topological polar surface area (TPSA) is 0 Å². The van der Waals surface area contributed by atoms with Crippen LogP contribution < -0.4 is 0 Å². The lowest BCUT2D eigenvalue weighted by molar-refractivity contribution is -0.176. The Balaban J connectivity index is 0.760. The first-order valence-electron chi connectivity index (χ1n) is 35.4. The van der Waals surface area contributed by atoms with Crippen LogP contribution in [0.15, 0.2) is 11.6 Å². The summed E-state index contributed by atoms with van der Waals surface area (Å²) in [6.45, 7) is 0. The molecule has 13 aliphatic carbocycles. The van der Waals surface area contributed by atoms with Crippen LogP contribution in [0.5, 0.6) is 0 Å². The summed E-state index contributed by atoms with van der Waals surface area (Å²) in [5.74, 6) is 24.9. The van der Waals surface area contributed by atoms with Crippen LogP contribution in [0.2, 0.25) is 0 Å². The van der Waals surface area contributed by atoms with E-state index in [4.69, 9.17) is 0 Å². The molecular formula is C72H118. The van der Waals surface area contributed by atoms with E-state index in [0.29, 0.717) is 0 Å². The Morgan fingerprint density at radius 2 is 0.458 bits per heavy atom. The maximum atomic E-state index is 3.05. The molecule has 13 saturated carbocycles. The zero-order chi connectivity index (χ0) is 47.8. The van der Waals surface area contributed by atoms with Gasteiger partial charge in [0.1, 0.15) is 0 Å². The molecule has 13 aliphatic rings. The van der Waals surface area contributed by atoms with Crippen molar-refractivity contribution in [2.75, 3.05) is 0 Å². The maximum absolute atomic E-state index is 3.05. The van der Waals surface area contributed by atoms with Crippen molar-refractivity contribution >= 4 is 0 Å². The van der Waals surface area contributed by atoms with E-state index in [1.165, 1.54) is 70.6 Å². The molecule has 0 aromatic heterocycles. The van der Waals surface area contributed by atoms with E-state index in [-0.39, 0.29) is 0 Å². The Morgan fingerprint density at radius 1 is 0.194 bits per heavy atom. The number of rotatable bonds is 9. The van der Waals surface area contributed by atoms with E-state index >= 15 is 0 Å². The molecule has 0 saturated heterocycles. The summed E-state index contributed by atoms with van der Waals surface area (Å²) in [7, 11) is 0. The molecular weight excluding hydrogens is 865 g/mol. The van der Waals surface area contributed by atoms with E-state index < -0.39 is 0 Å². The summed E-state index contributed by atoms with van der Waals surface area (Å²) in [5, 5.41) is 0. The normalized spacial score (nSPS) is 47.5. The number of fused-ring (bicyclic) bond motifs is 4. The van der Waals surface area contributed by atoms with Gasteiger partial charge in [-0.1, -0.05) is 166 Å². The van der Waals surface area contributed by atoms with Gasteiger partial charge in [0.2, 0.25) is 0 Å². The Morgan fingerprint density at radius 3 is 0.847 bits per heavy atom. The minimum Gasteiger partial charge on any atom is -0.0817 e. The Kier molecular flexibility index (Phi) is 17.1. The van der Waals surface area contributed by atoms with Gasteiger partial charge in [0.15, 0.2) is 0 Å². The Hall–Kier alpha value is -0.260. The number of hydrogen-bond acceptors (Lipinski definition) is 0. The van der Waals surface area contributed by atoms with E-state index in [1.54, 1.807) is 231 Å². The number of allylic oxidation sites excluding steroid dienone is 2. The minimum atomic E-state index is 0.918. The third-order valence-corrected chi connectivity index (χ3v) is 28.3. The van der Waals surface area contributed by atoms with Crippen molar-refractivity contribution < 1.29 is 0 Å². The van der Waals surface area contributed by atoms with Crippen LogP contribution in [0.3, 0.4) is 0 Å². The number of hydrogen-bond donors (Lipinski definition) is 0. The second kappa shape index (κ2) is 24.0. The Bertz CT molecular complexity index is 1610. The van der Waals surface area contributed by atoms with Crippen molar-refractivity contribution in [1.29, 1.82) is 0 Å². The molecule has 11 unspecified atom stereocenters. The minimum absolute atomic E-state index is 0.918. The van der Waals surface area contributed by atoms with Gasteiger partial charge in [-0.3, -0.25) is 0 Å². The molecule has 0 heteroatoms. The lowest BCUT2D eigenvalue weighted by Crippen LogP contribution is -2.60. The van der Waals surface area contributed by atoms with Crippen LogP contribution in [-0.4, -0.2) is 0 Å². The lowest BCUT2D eigenvalue weighted by Gasteiger charge is -2.66. The third-order valence-electron chi connectivity index (χ3n) is 28.3. The Labute approximate surface area is 447 Å². The average Bonchev–Trinajstić information content (AvgIpc) is 3.46. The van der Waals surface area contributed by atoms with E-state index in [1.807, 2.05) is 5.57 Å². The molecule has 0 amide bonds. The van der Waals surface area contributed by atoms with Gasteiger partial charge in [0.05, 0.1) is 0 Å². The standard InChI is InChI=1S/C72H118/c1-5-21-50(22-6-1)52-41-43-53(44-42-52)58-46-57(51-23-7-2-8-24-51)47-59(48-58)70-62-31-15-19-35-66(62)72(67-36-20-16-32-63(67)70)71-64-33-17-13-29-60(64)69(61-30-14-18-34-65(61)71)56-39-37-49(38-40-56)45-68(54-25-9-3-10-26-54)55-27-11-4-12-28-55/h45,49-67,69-72H,1-44,46-48H2. The molecule has 0 aromatic carbocycles. The molecule has 0 radical (unpaired) electrons. The van der Waals surface area contributed by atoms with E-state index in [2.05, 4.69) is 6.08 Å². The monoisotopic (exact) mass is 983 g/mol. The molecule has 0 N–H and O–H groups in total. The first-order valence-corrected chi connectivity index (χ1v) is 35.4. The van der Waals surface area contributed by atoms with E-state index in [9.17, 15) is 0 Å². The first-order chi connectivity index (χ1) is 35.7. The zero-order valence-corrected chi connectivity index (χ0v) is 47.6. The van der Waals surface area contributed by atoms with Gasteiger partial charge in [-0.05, 0) is 284 Å². The highest BCUT2D eigenvalue weighted by Gasteiger charge is 2.62. The van der Waals surface area contributed by atoms with Crippen molar-refractivity contribution in [3.05, 3.63) is 11.6 Å². The van der Waals surface area contributed by atoms with Gasteiger partial charge in [-0.25, -0.2) is 0 Å². The van der Waals surface area contributed by atoms with Crippen LogP contribution in [0.1, 0.15) is 302 Å². The highest BCUT2D eigenvalue weighted by molar-refractivity contribution is 5.16. The largest absolute Gasteiger partial charge is 0.0817 e. The molecule has 11 atom stereocenters. The van der Waals surface area contributed by atoms with Gasteiger partial charge < -0.3 is 0 Å². The van der Waals surface area contributed by atoms with Gasteiger partial charge in [-0.2, -0.15) is 0 Å². The van der Waals surface area contributed by atoms with Gasteiger partial charge in [0.25, 0.3) is 0 Å². The zero-order valence-electron chi connectivity index (χ0n) is 47.6. The van der Waals surface area contributed by atoms with Crippen molar-refractivity contribution in [2.24, 2.45) is 136 Å². The fraction of sp³-hybridized carbons (Fsp3) is 0.972. The van der Waals surface area contributed by atoms with Crippen LogP contribution in [-0.2, 0) is 0 Å². The van der Waals surface area contributed by atoms with Crippen molar-refractivity contribution in [2.45, 2.75) is 302 Å². The molecule has 0 nitrogen and oxygen atoms in total. The van der Waals surface area contributed by atoms with Crippen LogP contribution >= 0.6 is 0 Å². The quantitative estimate of drug-likeness (QED) is 0.202. The molecule has 13 rings (SSSR count). The molecule has 406 valence electrons. The second-order valence-electron chi connectivity index (χ2n) is 31.2. The van der Waals surface area contributed by atoms with Crippen LogP contribution in [0, 0.1) is 136 Å². The second-order valence-corrected chi connectivity index (χ2v) is 31.2. The maximum Gasteiger partial charge on any atom is -0.0200 e. The predicted molar refractivity (Wildman–Crippen MR) is 305 cm³/mol. The van der Waals surface area contributed by atoms with Crippen LogP contribution in [0.25, 0.3) is 0 Å². The molecule has 13 fully saturated rings. The van der Waals surface area contributed by atoms with Gasteiger partial charge in [0, 0.05) is 0 Å². The highest BCUT2D eigenvalue weighted by atomic mass is 14.7. The highest BCUT2D eigenvalue weighted by Crippen LogP contribution is 2.69. The summed E-state index contributed by atoms with van der Waals surface area (Å²) in [5.41, 5.74) is 2.04. The molecule has 0 heterocycles. The molecule has 0 aromatic rings. The van der Waals surface area contributed by atoms with Crippen molar-refractivity contribution in [3.8, 4) is 0 Å². The summed E-state index contributed by atoms with van der Waals surface area (Å²) in [4.78, 5) is 0. The molecule has 0 bridgehead atoms. The average molecular weight is 984 g/mol. The summed E-state index contributed by atoms with van der Waals surface area (Å²) >= 11 is 0. The smallest absolute Gasteiger partial charge is 0.0200 e. The molecule has 0 spiro atoms. The molecule has 0 aliphatic heterocycles. The lowest BCUT2D eigenvalue weighted by atomic mass is 9.39. The summed E-state index contributed by atoms with van der Waals surface area (Å²) in [6.07, 6.45) is 77.9. The first kappa shape index (κ1) is 51.2. The van der Waals surface area contributed by atoms with Crippen molar-refractivity contribution in [1.82, 2.24) is 0 Å². The predicted octanol–water partition coefficient (Wildman–Crippen LogP) is 21.6. The van der Waals surface area contributed by atoms with Gasteiger partial charge >= 0.3 is 0 Å². The summed E-state index contributed by atoms with van der Waals surface area (Å²) in [6, 6.07) is 0. The fourth-order valence-corrected chi connectivity index (χ4v) is 25.7. The molecule has 72 heavy (non-hydrogen) atoms. The van der Waals surface area contributed by atoms with Crippen LogP contribution in [0.4, 0.5) is 0 Å².